The van der Waals surface area contributed by atoms with Crippen LogP contribution in [0.1, 0.15) is 36.0 Å². The van der Waals surface area contributed by atoms with Crippen LogP contribution in [0.2, 0.25) is 0 Å². The molecule has 1 aromatic carbocycles. The summed E-state index contributed by atoms with van der Waals surface area (Å²) in [7, 11) is 3.13. The van der Waals surface area contributed by atoms with E-state index < -0.39 is 5.91 Å². The third-order valence-corrected chi connectivity index (χ3v) is 4.26. The first-order valence-corrected chi connectivity index (χ1v) is 8.11. The monoisotopic (exact) mass is 335 g/mol. The zero-order valence-electron chi connectivity index (χ0n) is 14.2. The van der Waals surface area contributed by atoms with Gasteiger partial charge in [-0.05, 0) is 43.9 Å². The van der Waals surface area contributed by atoms with E-state index in [2.05, 4.69) is 5.32 Å². The van der Waals surface area contributed by atoms with Gasteiger partial charge >= 0.3 is 6.03 Å². The number of nitrogens with zero attached hydrogens (tertiary/aromatic N) is 1. The van der Waals surface area contributed by atoms with Crippen LogP contribution in [0.4, 0.5) is 10.5 Å². The molecule has 0 spiro atoms. The number of piperidine rings is 1. The average molecular weight is 335 g/mol. The molecule has 0 unspecified atom stereocenters. The molecule has 1 saturated heterocycles. The quantitative estimate of drug-likeness (QED) is 0.833. The van der Waals surface area contributed by atoms with Crippen molar-refractivity contribution in [1.29, 1.82) is 0 Å². The number of carbonyl (C=O) groups excluding carboxylic acids is 2. The van der Waals surface area contributed by atoms with Gasteiger partial charge in [0.05, 0.1) is 12.7 Å². The number of urea groups is 1. The van der Waals surface area contributed by atoms with Gasteiger partial charge in [0.2, 0.25) is 0 Å². The second-order valence-electron chi connectivity index (χ2n) is 5.83. The number of hydrogen-bond acceptors (Lipinski definition) is 4. The van der Waals surface area contributed by atoms with Crippen molar-refractivity contribution in [3.63, 3.8) is 0 Å². The highest BCUT2D eigenvalue weighted by atomic mass is 16.5. The number of ether oxygens (including phenoxy) is 2. The number of benzene rings is 1. The molecular weight excluding hydrogens is 310 g/mol. The number of nitrogens with two attached hydrogens (primary N) is 1. The van der Waals surface area contributed by atoms with Crippen molar-refractivity contribution >= 4 is 17.6 Å². The van der Waals surface area contributed by atoms with E-state index in [4.69, 9.17) is 15.2 Å². The lowest BCUT2D eigenvalue weighted by molar-refractivity contribution is 0.0997. The Balaban J connectivity index is 2.10. The fourth-order valence-corrected chi connectivity index (χ4v) is 3.00. The molecule has 0 aliphatic carbocycles. The number of amides is 3. The third kappa shape index (κ3) is 4.38. The number of primary amides is 1. The summed E-state index contributed by atoms with van der Waals surface area (Å²) in [5.41, 5.74) is 6.11. The van der Waals surface area contributed by atoms with Crippen molar-refractivity contribution in [3.8, 4) is 5.75 Å². The maximum absolute atomic E-state index is 12.6. The summed E-state index contributed by atoms with van der Waals surface area (Å²) < 4.78 is 10.2. The highest BCUT2D eigenvalue weighted by Gasteiger charge is 2.26. The summed E-state index contributed by atoms with van der Waals surface area (Å²) in [6, 6.07) is 4.85. The molecule has 132 valence electrons. The Labute approximate surface area is 142 Å². The highest BCUT2D eigenvalue weighted by molar-refractivity contribution is 5.98. The number of likely N-dealkylation sites (tertiary alicyclic amines) is 1. The lowest BCUT2D eigenvalue weighted by Crippen LogP contribution is -2.46. The van der Waals surface area contributed by atoms with Crippen LogP contribution in [0.3, 0.4) is 0 Å². The smallest absolute Gasteiger partial charge is 0.322 e. The Morgan fingerprint density at radius 3 is 2.79 bits per heavy atom. The largest absolute Gasteiger partial charge is 0.496 e. The van der Waals surface area contributed by atoms with Gasteiger partial charge in [0.15, 0.2) is 0 Å². The van der Waals surface area contributed by atoms with Crippen molar-refractivity contribution in [2.45, 2.75) is 31.7 Å². The maximum atomic E-state index is 12.6. The molecule has 7 nitrogen and oxygen atoms in total. The zero-order chi connectivity index (χ0) is 17.5. The summed E-state index contributed by atoms with van der Waals surface area (Å²) in [6.07, 6.45) is 3.91. The number of hydrogen-bond donors (Lipinski definition) is 2. The van der Waals surface area contributed by atoms with E-state index in [1.165, 1.54) is 13.2 Å². The number of methoxy groups -OCH3 is 2. The van der Waals surface area contributed by atoms with Gasteiger partial charge in [-0.3, -0.25) is 4.79 Å². The second-order valence-corrected chi connectivity index (χ2v) is 5.83. The van der Waals surface area contributed by atoms with Gasteiger partial charge in [0.25, 0.3) is 5.91 Å². The van der Waals surface area contributed by atoms with Crippen molar-refractivity contribution in [3.05, 3.63) is 23.8 Å². The molecule has 1 aliphatic rings. The molecule has 1 heterocycles. The van der Waals surface area contributed by atoms with Crippen LogP contribution in [-0.2, 0) is 4.74 Å². The molecule has 1 fully saturated rings. The summed E-state index contributed by atoms with van der Waals surface area (Å²) in [5, 5.41) is 2.85. The zero-order valence-corrected chi connectivity index (χ0v) is 14.2. The summed E-state index contributed by atoms with van der Waals surface area (Å²) in [5.74, 6) is -0.213. The first-order chi connectivity index (χ1) is 11.6. The molecule has 7 heteroatoms. The molecule has 0 radical (unpaired) electrons. The van der Waals surface area contributed by atoms with Crippen LogP contribution in [0, 0.1) is 0 Å². The van der Waals surface area contributed by atoms with Crippen molar-refractivity contribution in [2.24, 2.45) is 5.73 Å². The highest BCUT2D eigenvalue weighted by Crippen LogP contribution is 2.24. The first kappa shape index (κ1) is 18.1. The number of nitrogens with one attached hydrogen (secondary N) is 1. The Morgan fingerprint density at radius 1 is 1.33 bits per heavy atom. The summed E-state index contributed by atoms with van der Waals surface area (Å²) in [4.78, 5) is 25.9. The third-order valence-electron chi connectivity index (χ3n) is 4.26. The lowest BCUT2D eigenvalue weighted by atomic mass is 10.00. The van der Waals surface area contributed by atoms with E-state index in [1.54, 1.807) is 19.2 Å². The fourth-order valence-electron chi connectivity index (χ4n) is 3.00. The van der Waals surface area contributed by atoms with E-state index in [0.29, 0.717) is 18.0 Å². The van der Waals surface area contributed by atoms with Crippen LogP contribution >= 0.6 is 0 Å². The van der Waals surface area contributed by atoms with Crippen molar-refractivity contribution < 1.29 is 19.1 Å². The minimum Gasteiger partial charge on any atom is -0.496 e. The van der Waals surface area contributed by atoms with Crippen molar-refractivity contribution in [2.75, 3.05) is 32.7 Å². The average Bonchev–Trinajstić information content (AvgIpc) is 2.60. The number of anilines is 1. The molecule has 1 atom stereocenters. The van der Waals surface area contributed by atoms with Gasteiger partial charge in [-0.1, -0.05) is 0 Å². The minimum absolute atomic E-state index is 0.170. The first-order valence-electron chi connectivity index (χ1n) is 8.11. The van der Waals surface area contributed by atoms with E-state index in [1.807, 2.05) is 4.90 Å². The summed E-state index contributed by atoms with van der Waals surface area (Å²) in [6.45, 7) is 1.35. The normalized spacial score (nSPS) is 17.4. The standard InChI is InChI=1S/C17H25N3O4/c1-23-10-8-13-5-3-4-9-20(13)17(22)19-12-6-7-15(24-2)14(11-12)16(18)21/h6-7,11,13H,3-5,8-10H2,1-2H3,(H2,18,21)(H,19,22)/t13-/m1/s1. The van der Waals surface area contributed by atoms with E-state index >= 15 is 0 Å². The number of carbonyl (C=O) groups is 2. The Hall–Kier alpha value is -2.28. The van der Waals surface area contributed by atoms with Gasteiger partial charge in [0.1, 0.15) is 5.75 Å². The molecule has 1 aromatic rings. The molecule has 24 heavy (non-hydrogen) atoms. The predicted octanol–water partition coefficient (Wildman–Crippen LogP) is 2.22. The molecule has 2 rings (SSSR count). The molecule has 1 aliphatic heterocycles. The molecule has 3 N–H and O–H groups in total. The van der Waals surface area contributed by atoms with Crippen LogP contribution in [0.15, 0.2) is 18.2 Å². The van der Waals surface area contributed by atoms with Gasteiger partial charge in [0, 0.05) is 32.0 Å². The minimum atomic E-state index is -0.598. The van der Waals surface area contributed by atoms with E-state index in [9.17, 15) is 9.59 Å². The molecular formula is C17H25N3O4. The topological polar surface area (TPSA) is 93.9 Å². The fraction of sp³-hybridized carbons (Fsp3) is 0.529. The molecule has 0 bridgehead atoms. The van der Waals surface area contributed by atoms with E-state index in [0.717, 1.165) is 32.2 Å². The molecule has 0 aromatic heterocycles. The van der Waals surface area contributed by atoms with Crippen LogP contribution in [-0.4, -0.2) is 50.3 Å². The van der Waals surface area contributed by atoms with Crippen molar-refractivity contribution in [1.82, 2.24) is 4.90 Å². The molecule has 3 amide bonds. The summed E-state index contributed by atoms with van der Waals surface area (Å²) >= 11 is 0. The van der Waals surface area contributed by atoms with Crippen LogP contribution in [0.25, 0.3) is 0 Å². The maximum Gasteiger partial charge on any atom is 0.322 e. The Morgan fingerprint density at radius 2 is 2.12 bits per heavy atom. The van der Waals surface area contributed by atoms with Crippen LogP contribution in [0.5, 0.6) is 5.75 Å². The Bertz CT molecular complexity index is 591. The molecule has 0 saturated carbocycles. The lowest BCUT2D eigenvalue weighted by Gasteiger charge is -2.35. The van der Waals surface area contributed by atoms with Gasteiger partial charge in [-0.2, -0.15) is 0 Å². The Kier molecular flexibility index (Phi) is 6.43. The number of rotatable bonds is 6. The predicted molar refractivity (Wildman–Crippen MR) is 91.4 cm³/mol. The van der Waals surface area contributed by atoms with Crippen LogP contribution < -0.4 is 15.8 Å². The second kappa shape index (κ2) is 8.54. The van der Waals surface area contributed by atoms with Gasteiger partial charge < -0.3 is 25.4 Å². The SMILES string of the molecule is COCC[C@H]1CCCCN1C(=O)Nc1ccc(OC)c(C(N)=O)c1. The van der Waals surface area contributed by atoms with Gasteiger partial charge in [-0.15, -0.1) is 0 Å². The van der Waals surface area contributed by atoms with Gasteiger partial charge in [-0.25, -0.2) is 4.79 Å². The van der Waals surface area contributed by atoms with E-state index in [-0.39, 0.29) is 17.6 Å².